The van der Waals surface area contributed by atoms with Gasteiger partial charge in [-0.2, -0.15) is 0 Å². The molecule has 0 atom stereocenters. The maximum absolute atomic E-state index is 4.19. The van der Waals surface area contributed by atoms with Gasteiger partial charge in [0.2, 0.25) is 0 Å². The van der Waals surface area contributed by atoms with Crippen LogP contribution in [0.5, 0.6) is 0 Å². The smallest absolute Gasteiger partial charge is 0.0543 e. The first kappa shape index (κ1) is 7.13. The van der Waals surface area contributed by atoms with Crippen LogP contribution in [0.1, 0.15) is 24.4 Å². The Morgan fingerprint density at radius 1 is 1.38 bits per heavy atom. The second kappa shape index (κ2) is 2.34. The molecule has 3 rings (SSSR count). The SMILES string of the molecule is Cc1cncc2ccn(C3CC3)c12. The number of fused-ring (bicyclic) bond motifs is 1. The molecule has 0 aromatic carbocycles. The lowest BCUT2D eigenvalue weighted by Crippen LogP contribution is -1.92. The van der Waals surface area contributed by atoms with Crippen molar-refractivity contribution >= 4 is 10.9 Å². The van der Waals surface area contributed by atoms with Gasteiger partial charge in [-0.1, -0.05) is 0 Å². The van der Waals surface area contributed by atoms with Gasteiger partial charge in [-0.3, -0.25) is 4.98 Å². The van der Waals surface area contributed by atoms with E-state index in [1.165, 1.54) is 29.3 Å². The topological polar surface area (TPSA) is 17.8 Å². The van der Waals surface area contributed by atoms with Gasteiger partial charge in [-0.05, 0) is 31.4 Å². The summed E-state index contributed by atoms with van der Waals surface area (Å²) in [6.07, 6.45) is 8.76. The molecule has 2 aromatic rings. The third-order valence-electron chi connectivity index (χ3n) is 2.74. The summed E-state index contributed by atoms with van der Waals surface area (Å²) in [6.45, 7) is 2.13. The van der Waals surface area contributed by atoms with E-state index in [-0.39, 0.29) is 0 Å². The number of aromatic nitrogens is 2. The first-order chi connectivity index (χ1) is 6.36. The molecule has 0 bridgehead atoms. The molecule has 0 spiro atoms. The molecule has 1 aliphatic carbocycles. The van der Waals surface area contributed by atoms with Gasteiger partial charge in [-0.25, -0.2) is 0 Å². The summed E-state index contributed by atoms with van der Waals surface area (Å²) in [4.78, 5) is 4.19. The van der Waals surface area contributed by atoms with E-state index in [2.05, 4.69) is 28.7 Å². The molecule has 0 unspecified atom stereocenters. The predicted molar refractivity (Wildman–Crippen MR) is 52.7 cm³/mol. The third-order valence-corrected chi connectivity index (χ3v) is 2.74. The van der Waals surface area contributed by atoms with Crippen molar-refractivity contribution in [2.75, 3.05) is 0 Å². The van der Waals surface area contributed by atoms with Crippen molar-refractivity contribution in [3.63, 3.8) is 0 Å². The van der Waals surface area contributed by atoms with Crippen LogP contribution in [-0.4, -0.2) is 9.55 Å². The number of nitrogens with zero attached hydrogens (tertiary/aromatic N) is 2. The molecule has 66 valence electrons. The Balaban J connectivity index is 2.34. The molecule has 13 heavy (non-hydrogen) atoms. The highest BCUT2D eigenvalue weighted by Gasteiger charge is 2.24. The predicted octanol–water partition coefficient (Wildman–Crippen LogP) is 2.68. The molecule has 0 amide bonds. The molecule has 2 nitrogen and oxygen atoms in total. The minimum Gasteiger partial charge on any atom is -0.344 e. The van der Waals surface area contributed by atoms with Crippen molar-refractivity contribution in [2.24, 2.45) is 0 Å². The Kier molecular flexibility index (Phi) is 1.29. The van der Waals surface area contributed by atoms with Crippen LogP contribution in [0.15, 0.2) is 24.7 Å². The second-order valence-electron chi connectivity index (χ2n) is 3.85. The molecule has 2 heteroatoms. The largest absolute Gasteiger partial charge is 0.344 e. The van der Waals surface area contributed by atoms with Gasteiger partial charge in [0.15, 0.2) is 0 Å². The van der Waals surface area contributed by atoms with Crippen LogP contribution in [0.3, 0.4) is 0 Å². The number of rotatable bonds is 1. The fourth-order valence-electron chi connectivity index (χ4n) is 1.95. The minimum absolute atomic E-state index is 0.763. The maximum Gasteiger partial charge on any atom is 0.0543 e. The standard InChI is InChI=1S/C11H12N2/c1-8-6-12-7-9-4-5-13(11(8)9)10-2-3-10/h4-7,10H,2-3H2,1H3. The normalized spacial score (nSPS) is 16.7. The van der Waals surface area contributed by atoms with Gasteiger partial charge in [0.1, 0.15) is 0 Å². The van der Waals surface area contributed by atoms with E-state index < -0.39 is 0 Å². The van der Waals surface area contributed by atoms with Crippen molar-refractivity contribution in [3.05, 3.63) is 30.2 Å². The molecule has 1 saturated carbocycles. The zero-order valence-electron chi connectivity index (χ0n) is 7.70. The number of pyridine rings is 1. The van der Waals surface area contributed by atoms with Gasteiger partial charge in [0.05, 0.1) is 5.52 Å². The van der Waals surface area contributed by atoms with Crippen molar-refractivity contribution in [1.29, 1.82) is 0 Å². The van der Waals surface area contributed by atoms with E-state index in [1.54, 1.807) is 0 Å². The van der Waals surface area contributed by atoms with Crippen molar-refractivity contribution in [2.45, 2.75) is 25.8 Å². The second-order valence-corrected chi connectivity index (χ2v) is 3.85. The van der Waals surface area contributed by atoms with Gasteiger partial charge in [0, 0.05) is 30.0 Å². The monoisotopic (exact) mass is 172 g/mol. The first-order valence-electron chi connectivity index (χ1n) is 4.77. The van der Waals surface area contributed by atoms with Crippen molar-refractivity contribution in [3.8, 4) is 0 Å². The summed E-state index contributed by atoms with van der Waals surface area (Å²) in [6, 6.07) is 2.92. The highest BCUT2D eigenvalue weighted by atomic mass is 15.0. The Labute approximate surface area is 77.2 Å². The maximum atomic E-state index is 4.19. The number of aryl methyl sites for hydroxylation is 1. The van der Waals surface area contributed by atoms with E-state index in [4.69, 9.17) is 0 Å². The lowest BCUT2D eigenvalue weighted by atomic mass is 10.2. The first-order valence-corrected chi connectivity index (χ1v) is 4.77. The highest BCUT2D eigenvalue weighted by Crippen LogP contribution is 2.38. The van der Waals surface area contributed by atoms with E-state index in [9.17, 15) is 0 Å². The van der Waals surface area contributed by atoms with Gasteiger partial charge in [-0.15, -0.1) is 0 Å². The lowest BCUT2D eigenvalue weighted by molar-refractivity contribution is 0.773. The molecule has 2 heterocycles. The van der Waals surface area contributed by atoms with Crippen molar-refractivity contribution < 1.29 is 0 Å². The molecule has 0 N–H and O–H groups in total. The van der Waals surface area contributed by atoms with Gasteiger partial charge >= 0.3 is 0 Å². The summed E-state index contributed by atoms with van der Waals surface area (Å²) in [5.41, 5.74) is 2.66. The van der Waals surface area contributed by atoms with Crippen LogP contribution in [0, 0.1) is 6.92 Å². The average Bonchev–Trinajstić information content (AvgIpc) is 2.87. The quantitative estimate of drug-likeness (QED) is 0.646. The summed E-state index contributed by atoms with van der Waals surface area (Å²) in [7, 11) is 0. The van der Waals surface area contributed by atoms with Gasteiger partial charge in [0.25, 0.3) is 0 Å². The molecule has 0 radical (unpaired) electrons. The van der Waals surface area contributed by atoms with E-state index in [0.717, 1.165) is 6.04 Å². The molecule has 1 aliphatic rings. The summed E-state index contributed by atoms with van der Waals surface area (Å²) >= 11 is 0. The fourth-order valence-corrected chi connectivity index (χ4v) is 1.95. The van der Waals surface area contributed by atoms with Crippen LogP contribution < -0.4 is 0 Å². The molecule has 1 fully saturated rings. The fraction of sp³-hybridized carbons (Fsp3) is 0.364. The van der Waals surface area contributed by atoms with Crippen LogP contribution in [0.25, 0.3) is 10.9 Å². The third kappa shape index (κ3) is 0.981. The molecule has 0 aliphatic heterocycles. The van der Waals surface area contributed by atoms with Crippen LogP contribution in [-0.2, 0) is 0 Å². The van der Waals surface area contributed by atoms with E-state index >= 15 is 0 Å². The van der Waals surface area contributed by atoms with Gasteiger partial charge < -0.3 is 4.57 Å². The summed E-state index contributed by atoms with van der Waals surface area (Å²) < 4.78 is 2.40. The Bertz CT molecular complexity index is 452. The zero-order chi connectivity index (χ0) is 8.84. The van der Waals surface area contributed by atoms with E-state index in [0.29, 0.717) is 0 Å². The van der Waals surface area contributed by atoms with E-state index in [1.807, 2.05) is 12.4 Å². The minimum atomic E-state index is 0.763. The zero-order valence-corrected chi connectivity index (χ0v) is 7.70. The lowest BCUT2D eigenvalue weighted by Gasteiger charge is -2.04. The molecular weight excluding hydrogens is 160 g/mol. The summed E-state index contributed by atoms with van der Waals surface area (Å²) in [5.74, 6) is 0. The molecular formula is C11H12N2. The molecule has 2 aromatic heterocycles. The van der Waals surface area contributed by atoms with Crippen LogP contribution in [0.2, 0.25) is 0 Å². The number of hydrogen-bond donors (Lipinski definition) is 0. The Morgan fingerprint density at radius 3 is 3.00 bits per heavy atom. The highest BCUT2D eigenvalue weighted by molar-refractivity contribution is 5.82. The molecule has 0 saturated heterocycles. The van der Waals surface area contributed by atoms with Crippen molar-refractivity contribution in [1.82, 2.24) is 9.55 Å². The Morgan fingerprint density at radius 2 is 2.23 bits per heavy atom. The number of hydrogen-bond acceptors (Lipinski definition) is 1. The van der Waals surface area contributed by atoms with Crippen LogP contribution >= 0.6 is 0 Å². The summed E-state index contributed by atoms with van der Waals surface area (Å²) in [5, 5.41) is 1.27. The average molecular weight is 172 g/mol. The Hall–Kier alpha value is -1.31. The van der Waals surface area contributed by atoms with Crippen LogP contribution in [0.4, 0.5) is 0 Å².